The number of likely N-dealkylation sites (N-methyl/N-ethyl adjacent to an activating group) is 1. The number of ketones is 1. The van der Waals surface area contributed by atoms with Crippen LogP contribution < -0.4 is 9.47 Å². The van der Waals surface area contributed by atoms with E-state index in [0.717, 1.165) is 16.9 Å². The van der Waals surface area contributed by atoms with Crippen molar-refractivity contribution in [2.45, 2.75) is 59.1 Å². The third-order valence-electron chi connectivity index (χ3n) is 6.26. The highest BCUT2D eigenvalue weighted by Crippen LogP contribution is 2.41. The number of carbonyl (C=O) groups is 2. The third kappa shape index (κ3) is 6.34. The van der Waals surface area contributed by atoms with E-state index in [1.165, 1.54) is 0 Å². The molecule has 1 aliphatic rings. The van der Waals surface area contributed by atoms with Gasteiger partial charge in [-0.1, -0.05) is 32.9 Å². The van der Waals surface area contributed by atoms with E-state index in [1.54, 1.807) is 11.0 Å². The normalized spacial score (nSPS) is 17.7. The summed E-state index contributed by atoms with van der Waals surface area (Å²) in [5, 5.41) is 11.5. The van der Waals surface area contributed by atoms with Crippen molar-refractivity contribution < 1.29 is 24.2 Å². The zero-order chi connectivity index (χ0) is 27.5. The van der Waals surface area contributed by atoms with Crippen LogP contribution in [-0.2, 0) is 15.0 Å². The molecule has 3 rings (SSSR count). The van der Waals surface area contributed by atoms with Crippen LogP contribution in [0.5, 0.6) is 11.5 Å². The first-order chi connectivity index (χ1) is 17.3. The Morgan fingerprint density at radius 3 is 2.27 bits per heavy atom. The molecule has 1 saturated heterocycles. The maximum Gasteiger partial charge on any atom is 0.295 e. The number of ether oxygens (including phenoxy) is 2. The summed E-state index contributed by atoms with van der Waals surface area (Å²) in [5.74, 6) is -0.0554. The first-order valence-corrected chi connectivity index (χ1v) is 12.8. The van der Waals surface area contributed by atoms with Crippen LogP contribution in [0.15, 0.2) is 48.0 Å². The van der Waals surface area contributed by atoms with E-state index in [4.69, 9.17) is 9.47 Å². The van der Waals surface area contributed by atoms with Crippen molar-refractivity contribution in [1.29, 1.82) is 0 Å². The Hall–Kier alpha value is -3.32. The fourth-order valence-corrected chi connectivity index (χ4v) is 4.47. The highest BCUT2D eigenvalue weighted by molar-refractivity contribution is 6.46. The largest absolute Gasteiger partial charge is 0.507 e. The Morgan fingerprint density at radius 1 is 1.08 bits per heavy atom. The summed E-state index contributed by atoms with van der Waals surface area (Å²) in [7, 11) is 3.83. The molecule has 7 heteroatoms. The van der Waals surface area contributed by atoms with E-state index in [0.29, 0.717) is 31.0 Å². The molecule has 1 aliphatic heterocycles. The Balaban J connectivity index is 2.16. The van der Waals surface area contributed by atoms with E-state index in [1.807, 2.05) is 76.2 Å². The minimum absolute atomic E-state index is 0.0215. The molecular formula is C30H40N2O5. The number of hydrogen-bond acceptors (Lipinski definition) is 6. The van der Waals surface area contributed by atoms with Gasteiger partial charge in [0, 0.05) is 24.2 Å². The maximum atomic E-state index is 13.4. The number of rotatable bonds is 9. The van der Waals surface area contributed by atoms with E-state index in [2.05, 4.69) is 20.8 Å². The minimum Gasteiger partial charge on any atom is -0.507 e. The van der Waals surface area contributed by atoms with Crippen LogP contribution in [0.25, 0.3) is 5.76 Å². The second kappa shape index (κ2) is 11.4. The highest BCUT2D eigenvalue weighted by Gasteiger charge is 2.46. The number of amides is 1. The van der Waals surface area contributed by atoms with Gasteiger partial charge in [0.05, 0.1) is 24.3 Å². The number of carbonyl (C=O) groups excluding carboxylic acids is 2. The van der Waals surface area contributed by atoms with Crippen molar-refractivity contribution in [3.05, 3.63) is 64.7 Å². The molecule has 1 fully saturated rings. The molecule has 0 spiro atoms. The number of nitrogens with zero attached hydrogens (tertiary/aromatic N) is 2. The SMILES string of the molecule is CCOc1ccc(/C(O)=C2/C(=O)C(=O)N(CCN(C)C)C2c2ccc(OC(C)C)cc2)cc1C(C)(C)C. The molecule has 0 aromatic heterocycles. The summed E-state index contributed by atoms with van der Waals surface area (Å²) in [6, 6.07) is 12.0. The molecule has 0 radical (unpaired) electrons. The second-order valence-corrected chi connectivity index (χ2v) is 10.9. The van der Waals surface area contributed by atoms with Crippen LogP contribution in [0.1, 0.15) is 64.3 Å². The van der Waals surface area contributed by atoms with Gasteiger partial charge in [0.15, 0.2) is 0 Å². The topological polar surface area (TPSA) is 79.3 Å². The van der Waals surface area contributed by atoms with Crippen LogP contribution >= 0.6 is 0 Å². The Labute approximate surface area is 220 Å². The van der Waals surface area contributed by atoms with Crippen molar-refractivity contribution in [2.24, 2.45) is 0 Å². The molecule has 37 heavy (non-hydrogen) atoms. The van der Waals surface area contributed by atoms with Crippen LogP contribution in [0, 0.1) is 0 Å². The van der Waals surface area contributed by atoms with Crippen molar-refractivity contribution in [3.8, 4) is 11.5 Å². The lowest BCUT2D eigenvalue weighted by atomic mass is 9.84. The lowest BCUT2D eigenvalue weighted by Crippen LogP contribution is -2.35. The van der Waals surface area contributed by atoms with Gasteiger partial charge in [-0.3, -0.25) is 9.59 Å². The van der Waals surface area contributed by atoms with Crippen molar-refractivity contribution in [1.82, 2.24) is 9.80 Å². The van der Waals surface area contributed by atoms with Crippen LogP contribution in [0.3, 0.4) is 0 Å². The van der Waals surface area contributed by atoms with Crippen LogP contribution in [0.4, 0.5) is 0 Å². The molecule has 2 aromatic carbocycles. The smallest absolute Gasteiger partial charge is 0.295 e. The molecule has 2 aromatic rings. The summed E-state index contributed by atoms with van der Waals surface area (Å²) in [5.41, 5.74) is 1.95. The predicted molar refractivity (Wildman–Crippen MR) is 146 cm³/mol. The summed E-state index contributed by atoms with van der Waals surface area (Å²) in [6.07, 6.45) is 0.0215. The molecule has 1 atom stereocenters. The van der Waals surface area contributed by atoms with Gasteiger partial charge in [0.25, 0.3) is 11.7 Å². The molecule has 0 saturated carbocycles. The Kier molecular flexibility index (Phi) is 8.69. The summed E-state index contributed by atoms with van der Waals surface area (Å²) < 4.78 is 11.6. The van der Waals surface area contributed by atoms with Crippen LogP contribution in [-0.4, -0.2) is 66.5 Å². The van der Waals surface area contributed by atoms with E-state index in [-0.39, 0.29) is 22.9 Å². The van der Waals surface area contributed by atoms with E-state index in [9.17, 15) is 14.7 Å². The van der Waals surface area contributed by atoms with Crippen molar-refractivity contribution in [2.75, 3.05) is 33.8 Å². The maximum absolute atomic E-state index is 13.4. The fourth-order valence-electron chi connectivity index (χ4n) is 4.47. The first-order valence-electron chi connectivity index (χ1n) is 12.8. The highest BCUT2D eigenvalue weighted by atomic mass is 16.5. The van der Waals surface area contributed by atoms with Crippen LogP contribution in [0.2, 0.25) is 0 Å². The lowest BCUT2D eigenvalue weighted by Gasteiger charge is -2.27. The molecule has 0 bridgehead atoms. The summed E-state index contributed by atoms with van der Waals surface area (Å²) in [4.78, 5) is 30.0. The lowest BCUT2D eigenvalue weighted by molar-refractivity contribution is -0.140. The number of hydrogen-bond donors (Lipinski definition) is 1. The van der Waals surface area contributed by atoms with E-state index < -0.39 is 17.7 Å². The second-order valence-electron chi connectivity index (χ2n) is 10.9. The molecule has 1 heterocycles. The number of Topliss-reactive ketones (excluding diaryl/α,β-unsaturated/α-hetero) is 1. The van der Waals surface area contributed by atoms with Gasteiger partial charge >= 0.3 is 0 Å². The van der Waals surface area contributed by atoms with Crippen molar-refractivity contribution >= 4 is 17.4 Å². The number of aliphatic hydroxyl groups is 1. The van der Waals surface area contributed by atoms with Gasteiger partial charge in [0.2, 0.25) is 0 Å². The van der Waals surface area contributed by atoms with Gasteiger partial charge in [-0.15, -0.1) is 0 Å². The van der Waals surface area contributed by atoms with Crippen molar-refractivity contribution in [3.63, 3.8) is 0 Å². The Bertz CT molecular complexity index is 1160. The number of benzene rings is 2. The molecule has 0 aliphatic carbocycles. The molecule has 1 unspecified atom stereocenters. The van der Waals surface area contributed by atoms with Gasteiger partial charge in [0.1, 0.15) is 17.3 Å². The molecule has 1 amide bonds. The number of aliphatic hydroxyl groups excluding tert-OH is 1. The zero-order valence-electron chi connectivity index (χ0n) is 23.3. The van der Waals surface area contributed by atoms with Gasteiger partial charge in [-0.25, -0.2) is 0 Å². The number of likely N-dealkylation sites (tertiary alicyclic amines) is 1. The molecule has 200 valence electrons. The Morgan fingerprint density at radius 2 is 1.73 bits per heavy atom. The monoisotopic (exact) mass is 508 g/mol. The summed E-state index contributed by atoms with van der Waals surface area (Å²) >= 11 is 0. The molecule has 7 nitrogen and oxygen atoms in total. The van der Waals surface area contributed by atoms with Gasteiger partial charge < -0.3 is 24.4 Å². The third-order valence-corrected chi connectivity index (χ3v) is 6.26. The molecule has 1 N–H and O–H groups in total. The van der Waals surface area contributed by atoms with Gasteiger partial charge in [-0.2, -0.15) is 0 Å². The van der Waals surface area contributed by atoms with Gasteiger partial charge in [-0.05, 0) is 76.2 Å². The standard InChI is InChI=1S/C30H40N2O5/c1-9-36-24-15-12-21(18-23(24)30(4,5)6)27(33)25-26(20-10-13-22(14-11-20)37-19(2)3)32(17-16-31(7)8)29(35)28(25)34/h10-15,18-19,26,33H,9,16-17H2,1-8H3/b27-25-. The fraction of sp³-hybridized carbons (Fsp3) is 0.467. The first kappa shape index (κ1) is 28.3. The molecular weight excluding hydrogens is 468 g/mol. The minimum atomic E-state index is -0.710. The van der Waals surface area contributed by atoms with E-state index >= 15 is 0 Å². The average Bonchev–Trinajstić information content (AvgIpc) is 3.07. The average molecular weight is 509 g/mol. The quantitative estimate of drug-likeness (QED) is 0.287. The predicted octanol–water partition coefficient (Wildman–Crippen LogP) is 5.15. The summed E-state index contributed by atoms with van der Waals surface area (Å²) in [6.45, 7) is 13.5. The zero-order valence-corrected chi connectivity index (χ0v) is 23.3.